The number of hydrogen-bond acceptors (Lipinski definition) is 7. The number of oxazole rings is 1. The fourth-order valence-corrected chi connectivity index (χ4v) is 3.72. The third-order valence-corrected chi connectivity index (χ3v) is 5.63. The topological polar surface area (TPSA) is 121 Å². The molecule has 4 rings (SSSR count). The zero-order chi connectivity index (χ0) is 26.2. The Balaban J connectivity index is 1.41. The Morgan fingerprint density at radius 1 is 1.05 bits per heavy atom. The number of benzene rings is 3. The summed E-state index contributed by atoms with van der Waals surface area (Å²) in [5.74, 6) is 0.636. The van der Waals surface area contributed by atoms with Crippen molar-refractivity contribution < 1.29 is 19.1 Å². The summed E-state index contributed by atoms with van der Waals surface area (Å²) in [5, 5.41) is 21.6. The molecule has 3 N–H and O–H groups in total. The smallest absolute Gasteiger partial charge is 0.355 e. The molecule has 0 fully saturated rings. The van der Waals surface area contributed by atoms with Crippen LogP contribution in [0.3, 0.4) is 0 Å². The van der Waals surface area contributed by atoms with Gasteiger partial charge in [0.15, 0.2) is 5.71 Å². The van der Waals surface area contributed by atoms with Crippen LogP contribution in [0, 0.1) is 19.3 Å². The monoisotopic (exact) mass is 496 g/mol. The van der Waals surface area contributed by atoms with Crippen molar-refractivity contribution in [3.05, 3.63) is 101 Å². The molecule has 0 aliphatic carbocycles. The summed E-state index contributed by atoms with van der Waals surface area (Å²) in [4.78, 5) is 16.1. The zero-order valence-electron chi connectivity index (χ0n) is 20.7. The average Bonchev–Trinajstić information content (AvgIpc) is 3.27. The van der Waals surface area contributed by atoms with Crippen LogP contribution in [0.5, 0.6) is 5.75 Å². The van der Waals surface area contributed by atoms with Crippen molar-refractivity contribution in [1.82, 2.24) is 4.98 Å². The first-order chi connectivity index (χ1) is 17.9. The van der Waals surface area contributed by atoms with Gasteiger partial charge in [-0.1, -0.05) is 42.5 Å². The van der Waals surface area contributed by atoms with E-state index in [0.29, 0.717) is 30.4 Å². The van der Waals surface area contributed by atoms with E-state index >= 15 is 0 Å². The number of ether oxygens (including phenoxy) is 1. The van der Waals surface area contributed by atoms with Crippen molar-refractivity contribution in [2.75, 3.05) is 12.0 Å². The highest BCUT2D eigenvalue weighted by Crippen LogP contribution is 2.22. The first-order valence-corrected chi connectivity index (χ1v) is 11.8. The first-order valence-electron chi connectivity index (χ1n) is 11.8. The number of rotatable bonds is 11. The molecule has 0 spiro atoms. The minimum Gasteiger partial charge on any atom is -0.493 e. The third kappa shape index (κ3) is 6.91. The number of hydrazone groups is 1. The quantitative estimate of drug-likeness (QED) is 0.181. The Labute approximate surface area is 215 Å². The van der Waals surface area contributed by atoms with Gasteiger partial charge in [0.2, 0.25) is 5.89 Å². The molecular weight excluding hydrogens is 468 g/mol. The van der Waals surface area contributed by atoms with Crippen LogP contribution in [0.1, 0.15) is 22.6 Å². The Morgan fingerprint density at radius 2 is 1.84 bits per heavy atom. The normalized spacial score (nSPS) is 11.2. The largest absolute Gasteiger partial charge is 0.493 e. The van der Waals surface area contributed by atoms with Crippen molar-refractivity contribution in [2.24, 2.45) is 5.10 Å². The summed E-state index contributed by atoms with van der Waals surface area (Å²) >= 11 is 0. The predicted octanol–water partition coefficient (Wildman–Crippen LogP) is 5.69. The van der Waals surface area contributed by atoms with E-state index in [9.17, 15) is 9.90 Å². The second-order valence-electron chi connectivity index (χ2n) is 8.53. The maximum absolute atomic E-state index is 11.5. The van der Waals surface area contributed by atoms with Crippen LogP contribution in [0.4, 0.5) is 5.69 Å². The fourth-order valence-electron chi connectivity index (χ4n) is 3.72. The van der Waals surface area contributed by atoms with Crippen LogP contribution < -0.4 is 10.2 Å². The Bertz CT molecular complexity index is 1430. The fraction of sp³-hybridized carbons (Fsp3) is 0.172. The van der Waals surface area contributed by atoms with Gasteiger partial charge < -0.3 is 14.3 Å². The molecule has 4 aromatic rings. The highest BCUT2D eigenvalue weighted by Gasteiger charge is 2.17. The van der Waals surface area contributed by atoms with E-state index in [1.807, 2.05) is 92.7 Å². The van der Waals surface area contributed by atoms with Gasteiger partial charge in [-0.2, -0.15) is 5.10 Å². The minimum atomic E-state index is -1.34. The van der Waals surface area contributed by atoms with Crippen LogP contribution >= 0.6 is 0 Å². The molecule has 0 bridgehead atoms. The third-order valence-electron chi connectivity index (χ3n) is 5.63. The number of carboxylic acid groups (broad SMARTS) is 1. The lowest BCUT2D eigenvalue weighted by molar-refractivity contribution is -0.129. The summed E-state index contributed by atoms with van der Waals surface area (Å²) in [6.07, 6.45) is 0.729. The van der Waals surface area contributed by atoms with Gasteiger partial charge in [-0.05, 0) is 61.4 Å². The van der Waals surface area contributed by atoms with Gasteiger partial charge in [0.25, 0.3) is 0 Å². The van der Waals surface area contributed by atoms with E-state index in [-0.39, 0.29) is 12.1 Å². The van der Waals surface area contributed by atoms with Gasteiger partial charge in [0.1, 0.15) is 11.5 Å². The van der Waals surface area contributed by atoms with Crippen molar-refractivity contribution in [1.29, 1.82) is 5.41 Å². The molecule has 0 atom stereocenters. The van der Waals surface area contributed by atoms with E-state index in [0.717, 1.165) is 28.1 Å². The Morgan fingerprint density at radius 3 is 2.59 bits per heavy atom. The van der Waals surface area contributed by atoms with E-state index in [4.69, 9.17) is 14.6 Å². The molecule has 0 amide bonds. The number of aromatic nitrogens is 1. The number of carboxylic acids is 1. The molecule has 8 nitrogen and oxygen atoms in total. The highest BCUT2D eigenvalue weighted by atomic mass is 16.5. The average molecular weight is 497 g/mol. The van der Waals surface area contributed by atoms with Crippen LogP contribution in [0.2, 0.25) is 0 Å². The summed E-state index contributed by atoms with van der Waals surface area (Å²) in [6, 6.07) is 24.6. The second-order valence-corrected chi connectivity index (χ2v) is 8.53. The summed E-state index contributed by atoms with van der Waals surface area (Å²) < 4.78 is 11.8. The van der Waals surface area contributed by atoms with Crippen LogP contribution in [0.25, 0.3) is 11.5 Å². The number of aryl methyl sites for hydroxylation is 2. The molecule has 0 saturated carbocycles. The number of hydrogen-bond donors (Lipinski definition) is 3. The molecule has 1 aromatic heterocycles. The molecule has 0 radical (unpaired) electrons. The molecule has 0 aliphatic heterocycles. The number of nitrogens with zero attached hydrogens (tertiary/aromatic N) is 2. The molecule has 8 heteroatoms. The first kappa shape index (κ1) is 25.4. The van der Waals surface area contributed by atoms with Gasteiger partial charge in [-0.25, -0.2) is 9.78 Å². The van der Waals surface area contributed by atoms with Gasteiger partial charge >= 0.3 is 5.97 Å². The van der Waals surface area contributed by atoms with E-state index in [2.05, 4.69) is 15.5 Å². The van der Waals surface area contributed by atoms with Gasteiger partial charge in [-0.15, -0.1) is 0 Å². The van der Waals surface area contributed by atoms with E-state index < -0.39 is 11.7 Å². The molecule has 37 heavy (non-hydrogen) atoms. The van der Waals surface area contributed by atoms with E-state index in [1.54, 1.807) is 0 Å². The standard InChI is InChI=1S/C29H28N4O4/c1-19-8-6-12-23(16-19)32-33-26(27(30)29(34)35)18-21-9-7-13-24(17-21)36-15-14-25-20(2)37-28(31-25)22-10-4-3-5-11-22/h3-13,16-17,30,32H,14-15,18H2,1-2H3,(H,34,35)/b30-27?,33-26-. The molecule has 0 aliphatic rings. The summed E-state index contributed by atoms with van der Waals surface area (Å²) in [7, 11) is 0. The van der Waals surface area contributed by atoms with Crippen molar-refractivity contribution in [3.63, 3.8) is 0 Å². The maximum atomic E-state index is 11.5. The molecule has 3 aromatic carbocycles. The number of aliphatic carboxylic acids is 1. The summed E-state index contributed by atoms with van der Waals surface area (Å²) in [6.45, 7) is 4.23. The predicted molar refractivity (Wildman–Crippen MR) is 144 cm³/mol. The lowest BCUT2D eigenvalue weighted by atomic mass is 10.0. The second kappa shape index (κ2) is 11.8. The van der Waals surface area contributed by atoms with Crippen LogP contribution in [-0.4, -0.2) is 34.1 Å². The van der Waals surface area contributed by atoms with Gasteiger partial charge in [0.05, 0.1) is 23.7 Å². The van der Waals surface area contributed by atoms with Gasteiger partial charge in [0, 0.05) is 18.4 Å². The number of carbonyl (C=O) groups is 1. The Kier molecular flexibility index (Phi) is 8.10. The van der Waals surface area contributed by atoms with Crippen molar-refractivity contribution >= 4 is 23.1 Å². The highest BCUT2D eigenvalue weighted by molar-refractivity contribution is 6.64. The lowest BCUT2D eigenvalue weighted by Crippen LogP contribution is -2.25. The van der Waals surface area contributed by atoms with Crippen LogP contribution in [-0.2, 0) is 17.6 Å². The number of anilines is 1. The van der Waals surface area contributed by atoms with Crippen LogP contribution in [0.15, 0.2) is 88.4 Å². The molecule has 0 saturated heterocycles. The minimum absolute atomic E-state index is 0.109. The number of nitrogens with one attached hydrogen (secondary N) is 2. The SMILES string of the molecule is Cc1cccc(N/N=C(/Cc2cccc(OCCc3nc(-c4ccccc4)oc3C)c2)C(=N)C(=O)O)c1. The van der Waals surface area contributed by atoms with Crippen molar-refractivity contribution in [3.8, 4) is 17.2 Å². The molecule has 1 heterocycles. The molecule has 188 valence electrons. The van der Waals surface area contributed by atoms with Crippen molar-refractivity contribution in [2.45, 2.75) is 26.7 Å². The van der Waals surface area contributed by atoms with E-state index in [1.165, 1.54) is 0 Å². The summed E-state index contributed by atoms with van der Waals surface area (Å²) in [5.41, 5.74) is 6.69. The van der Waals surface area contributed by atoms with Gasteiger partial charge in [-0.3, -0.25) is 10.8 Å². The maximum Gasteiger partial charge on any atom is 0.355 e. The molecule has 0 unspecified atom stereocenters. The molecular formula is C29H28N4O4. The lowest BCUT2D eigenvalue weighted by Gasteiger charge is -2.10. The Hall–Kier alpha value is -4.72. The zero-order valence-corrected chi connectivity index (χ0v) is 20.7.